The van der Waals surface area contributed by atoms with Gasteiger partial charge in [0.2, 0.25) is 0 Å². The second-order valence-electron chi connectivity index (χ2n) is 4.71. The third kappa shape index (κ3) is 2.85. The van der Waals surface area contributed by atoms with Gasteiger partial charge in [0.1, 0.15) is 0 Å². The highest BCUT2D eigenvalue weighted by atomic mass is 16.4. The van der Waals surface area contributed by atoms with Crippen LogP contribution in [-0.4, -0.2) is 28.0 Å². The van der Waals surface area contributed by atoms with Crippen molar-refractivity contribution >= 4 is 11.9 Å². The Hall–Kier alpha value is -1.91. The molecule has 2 N–H and O–H groups in total. The number of pyridine rings is 1. The van der Waals surface area contributed by atoms with E-state index >= 15 is 0 Å². The number of carboxylic acids is 1. The van der Waals surface area contributed by atoms with E-state index in [1.807, 2.05) is 6.92 Å². The van der Waals surface area contributed by atoms with Crippen molar-refractivity contribution in [2.75, 3.05) is 0 Å². The van der Waals surface area contributed by atoms with Crippen LogP contribution < -0.4 is 5.32 Å². The monoisotopic (exact) mass is 248 g/mol. The van der Waals surface area contributed by atoms with E-state index in [9.17, 15) is 9.59 Å². The van der Waals surface area contributed by atoms with Gasteiger partial charge in [-0.2, -0.15) is 0 Å². The Morgan fingerprint density at radius 1 is 1.39 bits per heavy atom. The Balaban J connectivity index is 1.92. The SMILES string of the molecule is Cc1ccc(C(=O)N[C@H]2CC[C@@H](C(=O)O)C2)cn1. The van der Waals surface area contributed by atoms with Crippen molar-refractivity contribution in [1.29, 1.82) is 0 Å². The van der Waals surface area contributed by atoms with E-state index in [2.05, 4.69) is 10.3 Å². The normalized spacial score (nSPS) is 22.7. The summed E-state index contributed by atoms with van der Waals surface area (Å²) in [5, 5.41) is 11.7. The van der Waals surface area contributed by atoms with E-state index < -0.39 is 5.97 Å². The zero-order valence-electron chi connectivity index (χ0n) is 10.2. The molecule has 0 aromatic carbocycles. The van der Waals surface area contributed by atoms with E-state index in [1.165, 1.54) is 6.20 Å². The number of carboxylic acid groups (broad SMARTS) is 1. The lowest BCUT2D eigenvalue weighted by Crippen LogP contribution is -2.33. The van der Waals surface area contributed by atoms with E-state index in [4.69, 9.17) is 5.11 Å². The molecule has 1 aliphatic carbocycles. The third-order valence-corrected chi connectivity index (χ3v) is 3.29. The first kappa shape index (κ1) is 12.5. The van der Waals surface area contributed by atoms with Gasteiger partial charge in [-0.15, -0.1) is 0 Å². The summed E-state index contributed by atoms with van der Waals surface area (Å²) in [5.41, 5.74) is 1.37. The average molecular weight is 248 g/mol. The van der Waals surface area contributed by atoms with Gasteiger partial charge < -0.3 is 10.4 Å². The molecule has 2 rings (SSSR count). The lowest BCUT2D eigenvalue weighted by atomic mass is 10.1. The minimum absolute atomic E-state index is 0.0418. The third-order valence-electron chi connectivity index (χ3n) is 3.29. The topological polar surface area (TPSA) is 79.3 Å². The first-order chi connectivity index (χ1) is 8.56. The summed E-state index contributed by atoms with van der Waals surface area (Å²) in [6.45, 7) is 1.86. The molecule has 18 heavy (non-hydrogen) atoms. The van der Waals surface area contributed by atoms with Crippen molar-refractivity contribution in [3.05, 3.63) is 29.6 Å². The summed E-state index contributed by atoms with van der Waals surface area (Å²) >= 11 is 0. The van der Waals surface area contributed by atoms with Gasteiger partial charge in [0, 0.05) is 17.9 Å². The molecule has 96 valence electrons. The fourth-order valence-corrected chi connectivity index (χ4v) is 2.21. The number of aliphatic carboxylic acids is 1. The van der Waals surface area contributed by atoms with E-state index in [1.54, 1.807) is 12.1 Å². The van der Waals surface area contributed by atoms with Crippen LogP contribution in [0, 0.1) is 12.8 Å². The quantitative estimate of drug-likeness (QED) is 0.846. The maximum Gasteiger partial charge on any atom is 0.306 e. The van der Waals surface area contributed by atoms with Gasteiger partial charge in [0.15, 0.2) is 0 Å². The second-order valence-corrected chi connectivity index (χ2v) is 4.71. The number of carbonyl (C=O) groups is 2. The molecule has 1 fully saturated rings. The Morgan fingerprint density at radius 2 is 2.17 bits per heavy atom. The summed E-state index contributed by atoms with van der Waals surface area (Å²) < 4.78 is 0. The van der Waals surface area contributed by atoms with Crippen LogP contribution >= 0.6 is 0 Å². The number of rotatable bonds is 3. The predicted molar refractivity (Wildman–Crippen MR) is 65.2 cm³/mol. The van der Waals surface area contributed by atoms with Crippen molar-refractivity contribution < 1.29 is 14.7 Å². The van der Waals surface area contributed by atoms with Crippen molar-refractivity contribution in [1.82, 2.24) is 10.3 Å². The van der Waals surface area contributed by atoms with Gasteiger partial charge in [-0.25, -0.2) is 0 Å². The van der Waals surface area contributed by atoms with Crippen LogP contribution in [0.15, 0.2) is 18.3 Å². The summed E-state index contributed by atoms with van der Waals surface area (Å²) in [6.07, 6.45) is 3.41. The standard InChI is InChI=1S/C13H16N2O3/c1-8-2-3-10(7-14-8)12(16)15-11-5-4-9(6-11)13(17)18/h2-3,7,9,11H,4-6H2,1H3,(H,15,16)(H,17,18)/t9-,11+/m1/s1. The number of nitrogens with zero attached hydrogens (tertiary/aromatic N) is 1. The molecule has 1 amide bonds. The minimum Gasteiger partial charge on any atom is -0.481 e. The summed E-state index contributed by atoms with van der Waals surface area (Å²) in [7, 11) is 0. The maximum absolute atomic E-state index is 11.9. The van der Waals surface area contributed by atoms with Gasteiger partial charge in [-0.05, 0) is 38.3 Å². The molecule has 0 radical (unpaired) electrons. The molecule has 0 spiro atoms. The molecular formula is C13H16N2O3. The lowest BCUT2D eigenvalue weighted by Gasteiger charge is -2.12. The van der Waals surface area contributed by atoms with E-state index in [0.717, 1.165) is 12.1 Å². The molecule has 2 atom stereocenters. The zero-order chi connectivity index (χ0) is 13.1. The molecule has 5 heteroatoms. The maximum atomic E-state index is 11.9. The zero-order valence-corrected chi connectivity index (χ0v) is 10.2. The van der Waals surface area contributed by atoms with Crippen molar-refractivity contribution in [2.24, 2.45) is 5.92 Å². The summed E-state index contributed by atoms with van der Waals surface area (Å²) in [4.78, 5) is 26.8. The number of aromatic nitrogens is 1. The van der Waals surface area contributed by atoms with Gasteiger partial charge in [0.05, 0.1) is 11.5 Å². The van der Waals surface area contributed by atoms with Crippen molar-refractivity contribution in [2.45, 2.75) is 32.2 Å². The molecule has 0 aliphatic heterocycles. The molecule has 5 nitrogen and oxygen atoms in total. The van der Waals surface area contributed by atoms with E-state index in [0.29, 0.717) is 18.4 Å². The number of hydrogen-bond acceptors (Lipinski definition) is 3. The van der Waals surface area contributed by atoms with Crippen molar-refractivity contribution in [3.8, 4) is 0 Å². The van der Waals surface area contributed by atoms with Crippen LogP contribution in [0.3, 0.4) is 0 Å². The fourth-order valence-electron chi connectivity index (χ4n) is 2.21. The highest BCUT2D eigenvalue weighted by Crippen LogP contribution is 2.25. The van der Waals surface area contributed by atoms with Gasteiger partial charge in [-0.1, -0.05) is 0 Å². The second kappa shape index (κ2) is 5.16. The Bertz CT molecular complexity index is 456. The van der Waals surface area contributed by atoms with Crippen LogP contribution in [0.25, 0.3) is 0 Å². The highest BCUT2D eigenvalue weighted by Gasteiger charge is 2.30. The molecule has 0 saturated heterocycles. The molecule has 1 saturated carbocycles. The van der Waals surface area contributed by atoms with Gasteiger partial charge in [0.25, 0.3) is 5.91 Å². The van der Waals surface area contributed by atoms with Gasteiger partial charge >= 0.3 is 5.97 Å². The number of hydrogen-bond donors (Lipinski definition) is 2. The van der Waals surface area contributed by atoms with E-state index in [-0.39, 0.29) is 17.9 Å². The highest BCUT2D eigenvalue weighted by molar-refractivity contribution is 5.94. The Morgan fingerprint density at radius 3 is 2.72 bits per heavy atom. The van der Waals surface area contributed by atoms with Crippen LogP contribution in [-0.2, 0) is 4.79 Å². The van der Waals surface area contributed by atoms with Crippen LogP contribution in [0.5, 0.6) is 0 Å². The Labute approximate surface area is 105 Å². The van der Waals surface area contributed by atoms with Crippen molar-refractivity contribution in [3.63, 3.8) is 0 Å². The molecule has 1 aliphatic rings. The number of nitrogens with one attached hydrogen (secondary N) is 1. The fraction of sp³-hybridized carbons (Fsp3) is 0.462. The molecule has 0 bridgehead atoms. The Kier molecular flexibility index (Phi) is 3.60. The largest absolute Gasteiger partial charge is 0.481 e. The number of aryl methyl sites for hydroxylation is 1. The average Bonchev–Trinajstić information content (AvgIpc) is 2.78. The smallest absolute Gasteiger partial charge is 0.306 e. The molecule has 1 aromatic rings. The first-order valence-corrected chi connectivity index (χ1v) is 6.02. The lowest BCUT2D eigenvalue weighted by molar-refractivity contribution is -0.141. The molecule has 1 aromatic heterocycles. The molecule has 0 unspecified atom stereocenters. The first-order valence-electron chi connectivity index (χ1n) is 6.02. The predicted octanol–water partition coefficient (Wildman–Crippen LogP) is 1.37. The van der Waals surface area contributed by atoms with Crippen LogP contribution in [0.4, 0.5) is 0 Å². The number of carbonyl (C=O) groups excluding carboxylic acids is 1. The van der Waals surface area contributed by atoms with Gasteiger partial charge in [-0.3, -0.25) is 14.6 Å². The summed E-state index contributed by atoms with van der Waals surface area (Å²) in [6, 6.07) is 3.46. The minimum atomic E-state index is -0.774. The summed E-state index contributed by atoms with van der Waals surface area (Å²) in [5.74, 6) is -1.28. The number of amides is 1. The van der Waals surface area contributed by atoms with Crippen LogP contribution in [0.1, 0.15) is 35.3 Å². The molecule has 1 heterocycles. The molecular weight excluding hydrogens is 232 g/mol. The van der Waals surface area contributed by atoms with Crippen LogP contribution in [0.2, 0.25) is 0 Å².